The van der Waals surface area contributed by atoms with Crippen molar-refractivity contribution >= 4 is 11.8 Å². The number of hydrogen-bond acceptors (Lipinski definition) is 5. The molecule has 10 heteroatoms. The van der Waals surface area contributed by atoms with E-state index in [1.807, 2.05) is 0 Å². The maximum atomic E-state index is 12.5. The molecule has 0 fully saturated rings. The molecule has 0 bridgehead atoms. The summed E-state index contributed by atoms with van der Waals surface area (Å²) in [6.45, 7) is 3.69. The molecular weight excluding hydrogens is 341 g/mol. The van der Waals surface area contributed by atoms with Crippen LogP contribution in [0.5, 0.6) is 0 Å². The molecule has 0 spiro atoms. The lowest BCUT2D eigenvalue weighted by atomic mass is 10.1. The number of amides is 2. The largest absolute Gasteiger partial charge is 0.471 e. The normalized spacial score (nSPS) is 11.2. The zero-order valence-electron chi connectivity index (χ0n) is 12.8. The molecule has 2 N–H and O–H groups in total. The average molecular weight is 354 g/mol. The van der Waals surface area contributed by atoms with E-state index in [4.69, 9.17) is 5.73 Å². The van der Waals surface area contributed by atoms with Crippen LogP contribution < -0.4 is 5.73 Å². The van der Waals surface area contributed by atoms with E-state index in [0.717, 1.165) is 0 Å². The predicted octanol–water partition coefficient (Wildman–Crippen LogP) is 1.76. The maximum Gasteiger partial charge on any atom is 0.471 e. The number of aromatic nitrogens is 2. The molecule has 0 saturated heterocycles. The SMILES string of the molecule is C=CCN(Cc1ccc(-c2noc(C(F)(F)F)n2)cc1)C(=O)C(N)=O. The molecule has 0 unspecified atom stereocenters. The number of nitrogens with two attached hydrogens (primary N) is 1. The second kappa shape index (κ2) is 7.16. The lowest BCUT2D eigenvalue weighted by Gasteiger charge is -2.19. The van der Waals surface area contributed by atoms with Crippen molar-refractivity contribution in [2.75, 3.05) is 6.54 Å². The van der Waals surface area contributed by atoms with Crippen LogP contribution in [0.25, 0.3) is 11.4 Å². The monoisotopic (exact) mass is 354 g/mol. The van der Waals surface area contributed by atoms with Crippen molar-refractivity contribution in [3.8, 4) is 11.4 Å². The lowest BCUT2D eigenvalue weighted by Crippen LogP contribution is -2.39. The lowest BCUT2D eigenvalue weighted by molar-refractivity contribution is -0.159. The highest BCUT2D eigenvalue weighted by molar-refractivity contribution is 6.34. The van der Waals surface area contributed by atoms with Gasteiger partial charge in [0, 0.05) is 18.7 Å². The molecule has 0 aliphatic carbocycles. The third kappa shape index (κ3) is 4.43. The van der Waals surface area contributed by atoms with Gasteiger partial charge in [-0.2, -0.15) is 18.2 Å². The molecule has 2 rings (SSSR count). The van der Waals surface area contributed by atoms with E-state index in [9.17, 15) is 22.8 Å². The minimum atomic E-state index is -4.72. The van der Waals surface area contributed by atoms with Gasteiger partial charge in [0.25, 0.3) is 0 Å². The molecule has 1 heterocycles. The zero-order chi connectivity index (χ0) is 18.6. The molecule has 0 saturated carbocycles. The number of hydrogen-bond donors (Lipinski definition) is 1. The molecule has 0 radical (unpaired) electrons. The predicted molar refractivity (Wildman–Crippen MR) is 79.5 cm³/mol. The Hall–Kier alpha value is -3.17. The molecule has 25 heavy (non-hydrogen) atoms. The summed E-state index contributed by atoms with van der Waals surface area (Å²) in [5, 5.41) is 3.28. The van der Waals surface area contributed by atoms with Gasteiger partial charge in [0.1, 0.15) is 0 Å². The third-order valence-corrected chi connectivity index (χ3v) is 3.10. The second-order valence-electron chi connectivity index (χ2n) is 4.96. The summed E-state index contributed by atoms with van der Waals surface area (Å²) in [5.74, 6) is -3.60. The van der Waals surface area contributed by atoms with E-state index in [-0.39, 0.29) is 18.9 Å². The van der Waals surface area contributed by atoms with E-state index in [1.165, 1.54) is 23.1 Å². The summed E-state index contributed by atoms with van der Waals surface area (Å²) in [4.78, 5) is 27.2. The number of carbonyl (C=O) groups is 2. The van der Waals surface area contributed by atoms with Gasteiger partial charge in [0.05, 0.1) is 0 Å². The van der Waals surface area contributed by atoms with Crippen LogP contribution in [-0.2, 0) is 22.3 Å². The number of carbonyl (C=O) groups excluding carboxylic acids is 2. The van der Waals surface area contributed by atoms with Crippen LogP contribution >= 0.6 is 0 Å². The van der Waals surface area contributed by atoms with Gasteiger partial charge in [-0.3, -0.25) is 9.59 Å². The summed E-state index contributed by atoms with van der Waals surface area (Å²) < 4.78 is 41.5. The summed E-state index contributed by atoms with van der Waals surface area (Å²) >= 11 is 0. The second-order valence-corrected chi connectivity index (χ2v) is 4.96. The van der Waals surface area contributed by atoms with Crippen molar-refractivity contribution in [1.29, 1.82) is 0 Å². The fraction of sp³-hybridized carbons (Fsp3) is 0.200. The number of primary amides is 1. The number of benzene rings is 1. The van der Waals surface area contributed by atoms with Crippen LogP contribution in [0, 0.1) is 0 Å². The summed E-state index contributed by atoms with van der Waals surface area (Å²) in [7, 11) is 0. The van der Waals surface area contributed by atoms with Crippen molar-refractivity contribution in [3.05, 3.63) is 48.4 Å². The smallest absolute Gasteiger partial charge is 0.361 e. The Labute approximate surface area is 139 Å². The maximum absolute atomic E-state index is 12.5. The van der Waals surface area contributed by atoms with Crippen LogP contribution in [0.3, 0.4) is 0 Å². The summed E-state index contributed by atoms with van der Waals surface area (Å²) in [6, 6.07) is 6.06. The van der Waals surface area contributed by atoms with Crippen LogP contribution in [0.15, 0.2) is 41.4 Å². The number of alkyl halides is 3. The van der Waals surface area contributed by atoms with Gasteiger partial charge in [0.2, 0.25) is 5.82 Å². The highest BCUT2D eigenvalue weighted by atomic mass is 19.4. The molecule has 2 aromatic rings. The first-order valence-corrected chi connectivity index (χ1v) is 6.92. The Bertz CT molecular complexity index is 784. The van der Waals surface area contributed by atoms with Gasteiger partial charge in [-0.05, 0) is 5.56 Å². The molecule has 0 atom stereocenters. The Balaban J connectivity index is 2.16. The Morgan fingerprint density at radius 2 is 1.92 bits per heavy atom. The van der Waals surface area contributed by atoms with Gasteiger partial charge in [-0.1, -0.05) is 35.5 Å². The molecular formula is C15H13F3N4O3. The Morgan fingerprint density at radius 3 is 2.40 bits per heavy atom. The molecule has 1 aromatic heterocycles. The molecule has 1 aromatic carbocycles. The van der Waals surface area contributed by atoms with Crippen molar-refractivity contribution in [1.82, 2.24) is 15.0 Å². The van der Waals surface area contributed by atoms with Crippen LogP contribution in [0.1, 0.15) is 11.5 Å². The standard InChI is InChI=1S/C15H13F3N4O3/c1-2-7-22(13(24)11(19)23)8-9-3-5-10(6-4-9)12-20-14(25-21-12)15(16,17)18/h2-6H,1,7-8H2,(H2,19,23). The van der Waals surface area contributed by atoms with E-state index in [0.29, 0.717) is 11.1 Å². The van der Waals surface area contributed by atoms with Gasteiger partial charge >= 0.3 is 23.9 Å². The third-order valence-electron chi connectivity index (χ3n) is 3.10. The fourth-order valence-electron chi connectivity index (χ4n) is 1.97. The Morgan fingerprint density at radius 1 is 1.28 bits per heavy atom. The van der Waals surface area contributed by atoms with E-state index < -0.39 is 23.9 Å². The topological polar surface area (TPSA) is 102 Å². The van der Waals surface area contributed by atoms with Crippen molar-refractivity contribution < 1.29 is 27.3 Å². The van der Waals surface area contributed by atoms with E-state index in [1.54, 1.807) is 12.1 Å². The summed E-state index contributed by atoms with van der Waals surface area (Å²) in [6.07, 6.45) is -3.28. The van der Waals surface area contributed by atoms with Crippen molar-refractivity contribution in [3.63, 3.8) is 0 Å². The molecule has 0 aliphatic heterocycles. The number of halogens is 3. The van der Waals surface area contributed by atoms with Crippen LogP contribution in [0.2, 0.25) is 0 Å². The molecule has 132 valence electrons. The molecule has 0 aliphatic rings. The minimum absolute atomic E-state index is 0.0775. The van der Waals surface area contributed by atoms with Gasteiger partial charge in [0.15, 0.2) is 0 Å². The fourth-order valence-corrected chi connectivity index (χ4v) is 1.97. The highest BCUT2D eigenvalue weighted by Crippen LogP contribution is 2.29. The summed E-state index contributed by atoms with van der Waals surface area (Å²) in [5.41, 5.74) is 5.90. The zero-order valence-corrected chi connectivity index (χ0v) is 12.8. The number of nitrogens with zero attached hydrogens (tertiary/aromatic N) is 3. The number of rotatable bonds is 5. The first-order chi connectivity index (χ1) is 11.7. The molecule has 2 amide bonds. The highest BCUT2D eigenvalue weighted by Gasteiger charge is 2.38. The first kappa shape index (κ1) is 18.2. The van der Waals surface area contributed by atoms with Crippen molar-refractivity contribution in [2.45, 2.75) is 12.7 Å². The van der Waals surface area contributed by atoms with E-state index in [2.05, 4.69) is 21.2 Å². The first-order valence-electron chi connectivity index (χ1n) is 6.92. The van der Waals surface area contributed by atoms with Crippen LogP contribution in [-0.4, -0.2) is 33.4 Å². The van der Waals surface area contributed by atoms with Gasteiger partial charge in [-0.15, -0.1) is 6.58 Å². The van der Waals surface area contributed by atoms with E-state index >= 15 is 0 Å². The van der Waals surface area contributed by atoms with Gasteiger partial charge < -0.3 is 15.2 Å². The van der Waals surface area contributed by atoms with Gasteiger partial charge in [-0.25, -0.2) is 0 Å². The average Bonchev–Trinajstić information content (AvgIpc) is 3.04. The molecule has 7 nitrogen and oxygen atoms in total. The minimum Gasteiger partial charge on any atom is -0.361 e. The van der Waals surface area contributed by atoms with Crippen molar-refractivity contribution in [2.24, 2.45) is 5.73 Å². The Kier molecular flexibility index (Phi) is 5.20. The quantitative estimate of drug-likeness (QED) is 0.651. The van der Waals surface area contributed by atoms with Crippen LogP contribution in [0.4, 0.5) is 13.2 Å².